The van der Waals surface area contributed by atoms with Crippen molar-refractivity contribution in [2.45, 2.75) is 65.2 Å². The molecule has 2 aromatic rings. The first-order valence-electron chi connectivity index (χ1n) is 11.0. The van der Waals surface area contributed by atoms with Gasteiger partial charge in [-0.25, -0.2) is 4.79 Å². The van der Waals surface area contributed by atoms with Gasteiger partial charge in [-0.3, -0.25) is 9.80 Å². The smallest absolute Gasteiger partial charge is 0.293 e. The minimum Gasteiger partial charge on any atom is -0.293 e. The van der Waals surface area contributed by atoms with Crippen LogP contribution in [0.5, 0.6) is 0 Å². The largest absolute Gasteiger partial charge is 0.328 e. The third kappa shape index (κ3) is 4.57. The van der Waals surface area contributed by atoms with Crippen LogP contribution in [-0.2, 0) is 0 Å². The Morgan fingerprint density at radius 1 is 0.607 bits per heavy atom. The number of anilines is 2. The van der Waals surface area contributed by atoms with Gasteiger partial charge >= 0.3 is 6.03 Å². The lowest BCUT2D eigenvalue weighted by molar-refractivity contribution is 0.251. The summed E-state index contributed by atoms with van der Waals surface area (Å²) in [7, 11) is 0. The average Bonchev–Trinajstić information content (AvgIpc) is 2.83. The zero-order valence-corrected chi connectivity index (χ0v) is 17.5. The summed E-state index contributed by atoms with van der Waals surface area (Å²) in [6.07, 6.45) is 9.31. The first-order valence-corrected chi connectivity index (χ1v) is 11.0. The fourth-order valence-corrected chi connectivity index (χ4v) is 4.05. The maximum Gasteiger partial charge on any atom is 0.328 e. The molecule has 3 nitrogen and oxygen atoms in total. The molecule has 150 valence electrons. The summed E-state index contributed by atoms with van der Waals surface area (Å²) < 4.78 is 0. The molecule has 0 saturated heterocycles. The van der Waals surface area contributed by atoms with Crippen LogP contribution >= 0.6 is 0 Å². The fourth-order valence-electron chi connectivity index (χ4n) is 4.05. The van der Waals surface area contributed by atoms with E-state index < -0.39 is 0 Å². The number of urea groups is 1. The predicted octanol–water partition coefficient (Wildman–Crippen LogP) is 7.26. The molecule has 28 heavy (non-hydrogen) atoms. The SMILES string of the molecule is CCCCCCN1C(=O)N(CCCCCC)c2ccccc2-c2ccccc21. The summed E-state index contributed by atoms with van der Waals surface area (Å²) in [5.74, 6) is 0. The van der Waals surface area contributed by atoms with Gasteiger partial charge in [0.25, 0.3) is 0 Å². The number of nitrogens with zero attached hydrogens (tertiary/aromatic N) is 2. The maximum absolute atomic E-state index is 13.7. The number of rotatable bonds is 10. The minimum absolute atomic E-state index is 0.130. The van der Waals surface area contributed by atoms with Gasteiger partial charge in [0.2, 0.25) is 0 Å². The summed E-state index contributed by atoms with van der Waals surface area (Å²) in [6, 6.07) is 16.9. The second kappa shape index (κ2) is 10.3. The Balaban J connectivity index is 1.94. The summed E-state index contributed by atoms with van der Waals surface area (Å²) in [4.78, 5) is 17.7. The molecular formula is C25H34N2O. The van der Waals surface area contributed by atoms with Crippen LogP contribution in [0.2, 0.25) is 0 Å². The van der Waals surface area contributed by atoms with Gasteiger partial charge in [-0.2, -0.15) is 0 Å². The highest BCUT2D eigenvalue weighted by molar-refractivity contribution is 6.11. The van der Waals surface area contributed by atoms with Crippen LogP contribution < -0.4 is 9.80 Å². The Labute approximate surface area is 170 Å². The van der Waals surface area contributed by atoms with E-state index in [9.17, 15) is 4.79 Å². The first kappa shape index (κ1) is 20.4. The molecule has 0 aliphatic carbocycles. The molecule has 2 aromatic carbocycles. The van der Waals surface area contributed by atoms with Crippen LogP contribution in [-0.4, -0.2) is 19.1 Å². The molecule has 0 saturated carbocycles. The number of hydrogen-bond donors (Lipinski definition) is 0. The van der Waals surface area contributed by atoms with E-state index in [-0.39, 0.29) is 6.03 Å². The number of hydrogen-bond acceptors (Lipinski definition) is 1. The summed E-state index contributed by atoms with van der Waals surface area (Å²) >= 11 is 0. The molecule has 2 amide bonds. The summed E-state index contributed by atoms with van der Waals surface area (Å²) in [5.41, 5.74) is 4.43. The average molecular weight is 379 g/mol. The van der Waals surface area contributed by atoms with Crippen molar-refractivity contribution in [3.63, 3.8) is 0 Å². The molecule has 1 heterocycles. The molecular weight excluding hydrogens is 344 g/mol. The van der Waals surface area contributed by atoms with Gasteiger partial charge in [0, 0.05) is 24.2 Å². The lowest BCUT2D eigenvalue weighted by Crippen LogP contribution is -2.44. The number of unbranched alkanes of at least 4 members (excludes halogenated alkanes) is 6. The molecule has 0 aromatic heterocycles. The van der Waals surface area contributed by atoms with Crippen LogP contribution in [0.3, 0.4) is 0 Å². The summed E-state index contributed by atoms with van der Waals surface area (Å²) in [6.45, 7) is 6.02. The van der Waals surface area contributed by atoms with Crippen molar-refractivity contribution in [3.8, 4) is 11.1 Å². The lowest BCUT2D eigenvalue weighted by atomic mass is 10.0. The van der Waals surface area contributed by atoms with Crippen molar-refractivity contribution >= 4 is 17.4 Å². The molecule has 0 bridgehead atoms. The second-order valence-corrected chi connectivity index (χ2v) is 7.74. The van der Waals surface area contributed by atoms with Crippen molar-refractivity contribution in [1.29, 1.82) is 0 Å². The minimum atomic E-state index is 0.130. The van der Waals surface area contributed by atoms with Crippen molar-refractivity contribution < 1.29 is 4.79 Å². The standard InChI is InChI=1S/C25H34N2O/c1-3-5-7-13-19-26-23-17-11-9-15-21(23)22-16-10-12-18-24(22)27(25(26)28)20-14-8-6-4-2/h9-12,15-18H,3-8,13-14,19-20H2,1-2H3. The monoisotopic (exact) mass is 378 g/mol. The Hall–Kier alpha value is -2.29. The predicted molar refractivity (Wildman–Crippen MR) is 120 cm³/mol. The maximum atomic E-state index is 13.7. The quantitative estimate of drug-likeness (QED) is 0.399. The highest BCUT2D eigenvalue weighted by atomic mass is 16.2. The number of carbonyl (C=O) groups excluding carboxylic acids is 1. The Bertz CT molecular complexity index is 707. The molecule has 0 fully saturated rings. The van der Waals surface area contributed by atoms with Crippen molar-refractivity contribution in [3.05, 3.63) is 48.5 Å². The highest BCUT2D eigenvalue weighted by Crippen LogP contribution is 2.41. The van der Waals surface area contributed by atoms with E-state index in [1.807, 2.05) is 21.9 Å². The van der Waals surface area contributed by atoms with E-state index in [2.05, 4.69) is 50.2 Å². The van der Waals surface area contributed by atoms with Gasteiger partial charge in [0.1, 0.15) is 0 Å². The van der Waals surface area contributed by atoms with Crippen LogP contribution in [0, 0.1) is 0 Å². The zero-order chi connectivity index (χ0) is 19.8. The third-order valence-electron chi connectivity index (χ3n) is 5.61. The van der Waals surface area contributed by atoms with Crippen LogP contribution in [0.15, 0.2) is 48.5 Å². The van der Waals surface area contributed by atoms with Crippen molar-refractivity contribution in [2.75, 3.05) is 22.9 Å². The molecule has 0 spiro atoms. The topological polar surface area (TPSA) is 23.6 Å². The number of benzene rings is 2. The van der Waals surface area contributed by atoms with Gasteiger partial charge in [0.05, 0.1) is 11.4 Å². The second-order valence-electron chi connectivity index (χ2n) is 7.74. The molecule has 0 radical (unpaired) electrons. The fraction of sp³-hybridized carbons (Fsp3) is 0.480. The lowest BCUT2D eigenvalue weighted by Gasteiger charge is -2.29. The molecule has 1 aliphatic heterocycles. The van der Waals surface area contributed by atoms with E-state index >= 15 is 0 Å². The molecule has 3 heteroatoms. The summed E-state index contributed by atoms with van der Waals surface area (Å²) in [5, 5.41) is 0. The van der Waals surface area contributed by atoms with E-state index in [1.165, 1.54) is 38.5 Å². The molecule has 0 atom stereocenters. The zero-order valence-electron chi connectivity index (χ0n) is 17.5. The number of fused-ring (bicyclic) bond motifs is 3. The van der Waals surface area contributed by atoms with E-state index in [0.717, 1.165) is 48.4 Å². The number of carbonyl (C=O) groups is 1. The third-order valence-corrected chi connectivity index (χ3v) is 5.61. The Morgan fingerprint density at radius 2 is 1.04 bits per heavy atom. The molecule has 1 aliphatic rings. The molecule has 3 rings (SSSR count). The number of amides is 2. The van der Waals surface area contributed by atoms with Crippen molar-refractivity contribution in [1.82, 2.24) is 0 Å². The molecule has 0 unspecified atom stereocenters. The number of para-hydroxylation sites is 2. The highest BCUT2D eigenvalue weighted by Gasteiger charge is 2.30. The van der Waals surface area contributed by atoms with E-state index in [4.69, 9.17) is 0 Å². The van der Waals surface area contributed by atoms with Crippen LogP contribution in [0.25, 0.3) is 11.1 Å². The normalized spacial score (nSPS) is 13.3. The Kier molecular flexibility index (Phi) is 7.53. The van der Waals surface area contributed by atoms with Gasteiger partial charge in [-0.15, -0.1) is 0 Å². The van der Waals surface area contributed by atoms with Crippen LogP contribution in [0.1, 0.15) is 65.2 Å². The van der Waals surface area contributed by atoms with Crippen molar-refractivity contribution in [2.24, 2.45) is 0 Å². The van der Waals surface area contributed by atoms with Gasteiger partial charge < -0.3 is 0 Å². The van der Waals surface area contributed by atoms with E-state index in [1.54, 1.807) is 0 Å². The molecule has 0 N–H and O–H groups in total. The van der Waals surface area contributed by atoms with Gasteiger partial charge in [0.15, 0.2) is 0 Å². The van der Waals surface area contributed by atoms with Crippen LogP contribution in [0.4, 0.5) is 16.2 Å². The van der Waals surface area contributed by atoms with Gasteiger partial charge in [-0.05, 0) is 25.0 Å². The van der Waals surface area contributed by atoms with Gasteiger partial charge in [-0.1, -0.05) is 88.8 Å². The van der Waals surface area contributed by atoms with E-state index in [0.29, 0.717) is 0 Å². The Morgan fingerprint density at radius 3 is 1.46 bits per heavy atom. The first-order chi connectivity index (χ1) is 13.8.